The molecule has 0 saturated carbocycles. The Morgan fingerprint density at radius 1 is 1.14 bits per heavy atom. The molecule has 1 heterocycles. The van der Waals surface area contributed by atoms with Gasteiger partial charge in [0.1, 0.15) is 5.82 Å². The number of aromatic nitrogens is 3. The topological polar surface area (TPSA) is 62.7 Å². The van der Waals surface area contributed by atoms with Gasteiger partial charge < -0.3 is 10.6 Å². The Hall–Kier alpha value is -1.95. The number of halogens is 2. The van der Waals surface area contributed by atoms with Gasteiger partial charge in [-0.1, -0.05) is 19.9 Å². The van der Waals surface area contributed by atoms with E-state index in [4.69, 9.17) is 11.6 Å². The Morgan fingerprint density at radius 2 is 1.86 bits per heavy atom. The lowest BCUT2D eigenvalue weighted by atomic mass is 10.2. The zero-order valence-electron chi connectivity index (χ0n) is 11.9. The minimum absolute atomic E-state index is 0.0809. The van der Waals surface area contributed by atoms with Crippen molar-refractivity contribution in [1.29, 1.82) is 0 Å². The monoisotopic (exact) mass is 309 g/mol. The van der Waals surface area contributed by atoms with E-state index in [1.165, 1.54) is 12.1 Å². The minimum Gasteiger partial charge on any atom is -0.351 e. The van der Waals surface area contributed by atoms with E-state index in [1.807, 2.05) is 0 Å². The normalized spacial score (nSPS) is 10.7. The molecular formula is C14H17ClFN5. The van der Waals surface area contributed by atoms with Crippen LogP contribution in [0.25, 0.3) is 0 Å². The van der Waals surface area contributed by atoms with Crippen molar-refractivity contribution in [3.05, 3.63) is 35.4 Å². The molecule has 0 aliphatic carbocycles. The molecule has 0 aliphatic rings. The summed E-state index contributed by atoms with van der Waals surface area (Å²) < 4.78 is 13.2. The van der Waals surface area contributed by atoms with Gasteiger partial charge in [-0.05, 0) is 42.6 Å². The Morgan fingerprint density at radius 3 is 2.52 bits per heavy atom. The first kappa shape index (κ1) is 15.4. The van der Waals surface area contributed by atoms with Crippen LogP contribution in [0.5, 0.6) is 0 Å². The lowest BCUT2D eigenvalue weighted by Crippen LogP contribution is -2.19. The van der Waals surface area contributed by atoms with E-state index in [0.29, 0.717) is 11.6 Å². The molecule has 2 N–H and O–H groups in total. The summed E-state index contributed by atoms with van der Waals surface area (Å²) in [5, 5.41) is 6.19. The van der Waals surface area contributed by atoms with E-state index in [9.17, 15) is 4.39 Å². The lowest BCUT2D eigenvalue weighted by Gasteiger charge is -2.15. The summed E-state index contributed by atoms with van der Waals surface area (Å²) in [5.74, 6) is 0.340. The van der Waals surface area contributed by atoms with E-state index < -0.39 is 0 Å². The summed E-state index contributed by atoms with van der Waals surface area (Å²) in [6.07, 6.45) is 1.90. The van der Waals surface area contributed by atoms with Crippen LogP contribution in [0.15, 0.2) is 24.3 Å². The quantitative estimate of drug-likeness (QED) is 0.844. The lowest BCUT2D eigenvalue weighted by molar-refractivity contribution is 0.628. The molecule has 7 heteroatoms. The molecule has 0 aliphatic heterocycles. The first-order valence-corrected chi connectivity index (χ1v) is 7.19. The summed E-state index contributed by atoms with van der Waals surface area (Å²) in [5.41, 5.74) is 0.547. The highest BCUT2D eigenvalue weighted by atomic mass is 35.5. The molecule has 0 radical (unpaired) electrons. The number of hydrogen-bond donors (Lipinski definition) is 2. The highest BCUT2D eigenvalue weighted by Crippen LogP contribution is 2.17. The molecule has 21 heavy (non-hydrogen) atoms. The molecule has 1 aromatic carbocycles. The van der Waals surface area contributed by atoms with Crippen LogP contribution >= 0.6 is 11.6 Å². The number of nitrogens with zero attached hydrogens (tertiary/aromatic N) is 3. The SMILES string of the molecule is CCC(CC)Nc1nc(Cl)nc(Nc2cccc(F)c2)n1. The van der Waals surface area contributed by atoms with Crippen molar-refractivity contribution in [2.75, 3.05) is 10.6 Å². The largest absolute Gasteiger partial charge is 0.351 e. The van der Waals surface area contributed by atoms with Crippen molar-refractivity contribution in [3.8, 4) is 0 Å². The second kappa shape index (κ2) is 7.17. The third-order valence-corrected chi connectivity index (χ3v) is 3.18. The number of rotatable bonds is 6. The molecule has 2 aromatic rings. The predicted molar refractivity (Wildman–Crippen MR) is 82.5 cm³/mol. The molecular weight excluding hydrogens is 293 g/mol. The molecule has 1 aromatic heterocycles. The molecule has 112 valence electrons. The fourth-order valence-corrected chi connectivity index (χ4v) is 2.00. The average molecular weight is 310 g/mol. The van der Waals surface area contributed by atoms with E-state index in [1.54, 1.807) is 12.1 Å². The van der Waals surface area contributed by atoms with Crippen molar-refractivity contribution in [2.24, 2.45) is 0 Å². The van der Waals surface area contributed by atoms with E-state index in [0.717, 1.165) is 12.8 Å². The fraction of sp³-hybridized carbons (Fsp3) is 0.357. The van der Waals surface area contributed by atoms with Gasteiger partial charge in [0.2, 0.25) is 17.2 Å². The third kappa shape index (κ3) is 4.53. The van der Waals surface area contributed by atoms with E-state index in [2.05, 4.69) is 39.4 Å². The van der Waals surface area contributed by atoms with Crippen LogP contribution in [-0.2, 0) is 0 Å². The second-order valence-corrected chi connectivity index (χ2v) is 4.88. The van der Waals surface area contributed by atoms with Gasteiger partial charge in [0.15, 0.2) is 0 Å². The third-order valence-electron chi connectivity index (χ3n) is 3.01. The van der Waals surface area contributed by atoms with Crippen LogP contribution in [0, 0.1) is 5.82 Å². The van der Waals surface area contributed by atoms with Crippen molar-refractivity contribution in [1.82, 2.24) is 15.0 Å². The van der Waals surface area contributed by atoms with Crippen LogP contribution in [-0.4, -0.2) is 21.0 Å². The summed E-state index contributed by atoms with van der Waals surface area (Å²) in [4.78, 5) is 12.3. The Labute approximate surface area is 128 Å². The minimum atomic E-state index is -0.337. The summed E-state index contributed by atoms with van der Waals surface area (Å²) in [6, 6.07) is 6.31. The van der Waals surface area contributed by atoms with Crippen molar-refractivity contribution < 1.29 is 4.39 Å². The van der Waals surface area contributed by atoms with Crippen molar-refractivity contribution in [3.63, 3.8) is 0 Å². The number of benzene rings is 1. The van der Waals surface area contributed by atoms with E-state index >= 15 is 0 Å². The van der Waals surface area contributed by atoms with E-state index in [-0.39, 0.29) is 23.1 Å². The van der Waals surface area contributed by atoms with Crippen LogP contribution in [0.3, 0.4) is 0 Å². The molecule has 0 amide bonds. The van der Waals surface area contributed by atoms with Crippen LogP contribution < -0.4 is 10.6 Å². The van der Waals surface area contributed by atoms with Crippen molar-refractivity contribution >= 4 is 29.2 Å². The van der Waals surface area contributed by atoms with Gasteiger partial charge >= 0.3 is 0 Å². The number of hydrogen-bond acceptors (Lipinski definition) is 5. The number of anilines is 3. The van der Waals surface area contributed by atoms with Gasteiger partial charge in [0.05, 0.1) is 0 Å². The standard InChI is InChI=1S/C14H17ClFN5/c1-3-10(4-2)17-13-19-12(15)20-14(21-13)18-11-7-5-6-9(16)8-11/h5-8,10H,3-4H2,1-2H3,(H2,17,18,19,20,21). The molecule has 0 fully saturated rings. The molecule has 2 rings (SSSR count). The summed E-state index contributed by atoms with van der Waals surface area (Å²) >= 11 is 5.90. The highest BCUT2D eigenvalue weighted by molar-refractivity contribution is 6.28. The van der Waals surface area contributed by atoms with Gasteiger partial charge in [-0.15, -0.1) is 0 Å². The van der Waals surface area contributed by atoms with Gasteiger partial charge in [0.25, 0.3) is 0 Å². The zero-order chi connectivity index (χ0) is 15.2. The molecule has 0 atom stereocenters. The fourth-order valence-electron chi connectivity index (χ4n) is 1.84. The van der Waals surface area contributed by atoms with Gasteiger partial charge in [-0.2, -0.15) is 15.0 Å². The summed E-state index contributed by atoms with van der Waals surface area (Å²) in [6.45, 7) is 4.16. The Bertz CT molecular complexity index is 604. The van der Waals surface area contributed by atoms with Crippen molar-refractivity contribution in [2.45, 2.75) is 32.7 Å². The predicted octanol–water partition coefficient (Wildman–Crippen LogP) is 4.01. The van der Waals surface area contributed by atoms with Crippen LogP contribution in [0.2, 0.25) is 5.28 Å². The Kier molecular flexibility index (Phi) is 5.27. The first-order chi connectivity index (χ1) is 10.1. The Balaban J connectivity index is 2.18. The molecule has 0 spiro atoms. The van der Waals surface area contributed by atoms with Crippen LogP contribution in [0.1, 0.15) is 26.7 Å². The average Bonchev–Trinajstić information content (AvgIpc) is 2.44. The summed E-state index contributed by atoms with van der Waals surface area (Å²) in [7, 11) is 0. The molecule has 5 nitrogen and oxygen atoms in total. The molecule has 0 saturated heterocycles. The van der Waals surface area contributed by atoms with Gasteiger partial charge in [0, 0.05) is 11.7 Å². The van der Waals surface area contributed by atoms with Crippen LogP contribution in [0.4, 0.5) is 22.0 Å². The highest BCUT2D eigenvalue weighted by Gasteiger charge is 2.09. The van der Waals surface area contributed by atoms with Gasteiger partial charge in [-0.3, -0.25) is 0 Å². The zero-order valence-corrected chi connectivity index (χ0v) is 12.7. The second-order valence-electron chi connectivity index (χ2n) is 4.54. The molecule has 0 bridgehead atoms. The smallest absolute Gasteiger partial charge is 0.233 e. The first-order valence-electron chi connectivity index (χ1n) is 6.81. The number of nitrogens with one attached hydrogen (secondary N) is 2. The van der Waals surface area contributed by atoms with Gasteiger partial charge in [-0.25, -0.2) is 4.39 Å². The maximum absolute atomic E-state index is 13.2. The molecule has 0 unspecified atom stereocenters. The maximum Gasteiger partial charge on any atom is 0.233 e. The maximum atomic E-state index is 13.2.